The molecule has 0 atom stereocenters. The zero-order valence-electron chi connectivity index (χ0n) is 14.7. The van der Waals surface area contributed by atoms with Crippen LogP contribution in [0.4, 0.5) is 0 Å². The first-order valence-corrected chi connectivity index (χ1v) is 8.45. The Balaban J connectivity index is 2.62. The molecule has 0 amide bonds. The largest absolute Gasteiger partial charge is 0.490 e. The van der Waals surface area contributed by atoms with Crippen molar-refractivity contribution in [2.24, 2.45) is 0 Å². The van der Waals surface area contributed by atoms with E-state index in [9.17, 15) is 0 Å². The molecule has 0 saturated heterocycles. The molecule has 1 aromatic carbocycles. The Labute approximate surface area is 145 Å². The predicted molar refractivity (Wildman–Crippen MR) is 96.1 cm³/mol. The van der Waals surface area contributed by atoms with Gasteiger partial charge in [0.1, 0.15) is 0 Å². The second-order valence-electron chi connectivity index (χ2n) is 7.87. The van der Waals surface area contributed by atoms with Gasteiger partial charge in [-0.25, -0.2) is 0 Å². The minimum atomic E-state index is 0.606. The van der Waals surface area contributed by atoms with Crippen LogP contribution in [0.5, 0.6) is 5.75 Å². The topological polar surface area (TPSA) is 9.23 Å². The maximum Gasteiger partial charge on any atom is 0.156 e. The summed E-state index contributed by atoms with van der Waals surface area (Å²) in [5.74, 6) is 0.610. The fourth-order valence-corrected chi connectivity index (χ4v) is 2.71. The molecular weight excluding hydrogens is 319 g/mol. The number of benzene rings is 1. The molecule has 0 radical (unpaired) electrons. The summed E-state index contributed by atoms with van der Waals surface area (Å²) >= 11 is 12.7. The van der Waals surface area contributed by atoms with E-state index in [1.165, 1.54) is 0 Å². The third-order valence-electron chi connectivity index (χ3n) is 3.35. The van der Waals surface area contributed by atoms with Crippen LogP contribution in [0.1, 0.15) is 12.0 Å². The number of rotatable bonds is 8. The number of likely N-dealkylation sites (N-methyl/N-ethyl adjacent to an activating group) is 1. The minimum Gasteiger partial charge on any atom is -0.490 e. The summed E-state index contributed by atoms with van der Waals surface area (Å²) < 4.78 is 7.63. The van der Waals surface area contributed by atoms with Gasteiger partial charge < -0.3 is 13.7 Å². The SMILES string of the molecule is C[N+](C)(C)CCCOc1c(Cl)cc(CC[N+](C)(C)C)cc1Cl. The van der Waals surface area contributed by atoms with Gasteiger partial charge in [-0.05, 0) is 17.7 Å². The molecule has 1 rings (SSSR count). The lowest BCUT2D eigenvalue weighted by Gasteiger charge is -2.24. The Kier molecular flexibility index (Phi) is 7.00. The molecule has 0 bridgehead atoms. The van der Waals surface area contributed by atoms with E-state index in [1.54, 1.807) is 0 Å². The normalized spacial score (nSPS) is 12.5. The summed E-state index contributed by atoms with van der Waals surface area (Å²) in [6.07, 6.45) is 1.92. The lowest BCUT2D eigenvalue weighted by atomic mass is 10.1. The smallest absolute Gasteiger partial charge is 0.156 e. The van der Waals surface area contributed by atoms with Gasteiger partial charge >= 0.3 is 0 Å². The summed E-state index contributed by atoms with van der Waals surface area (Å²) in [6, 6.07) is 3.94. The van der Waals surface area contributed by atoms with Crippen molar-refractivity contribution >= 4 is 23.2 Å². The second kappa shape index (κ2) is 7.87. The van der Waals surface area contributed by atoms with Crippen LogP contribution in [0, 0.1) is 0 Å². The Bertz CT molecular complexity index is 467. The molecule has 0 unspecified atom stereocenters. The van der Waals surface area contributed by atoms with E-state index in [1.807, 2.05) is 12.1 Å². The molecule has 0 aliphatic carbocycles. The summed E-state index contributed by atoms with van der Waals surface area (Å²) in [4.78, 5) is 0. The van der Waals surface area contributed by atoms with Crippen LogP contribution < -0.4 is 4.74 Å². The molecule has 5 heteroatoms. The molecule has 0 aromatic heterocycles. The second-order valence-corrected chi connectivity index (χ2v) is 8.68. The van der Waals surface area contributed by atoms with Gasteiger partial charge in [0.25, 0.3) is 0 Å². The number of quaternary nitrogens is 2. The lowest BCUT2D eigenvalue weighted by molar-refractivity contribution is -0.870. The first-order chi connectivity index (χ1) is 9.98. The number of halogens is 2. The summed E-state index contributed by atoms with van der Waals surface area (Å²) in [5, 5.41) is 1.21. The molecule has 1 aromatic rings. The molecule has 0 spiro atoms. The predicted octanol–water partition coefficient (Wildman–Crippen LogP) is 3.72. The van der Waals surface area contributed by atoms with Gasteiger partial charge in [-0.3, -0.25) is 0 Å². The van der Waals surface area contributed by atoms with Crippen molar-refractivity contribution in [2.45, 2.75) is 12.8 Å². The minimum absolute atomic E-state index is 0.606. The van der Waals surface area contributed by atoms with Gasteiger partial charge in [0.2, 0.25) is 0 Å². The van der Waals surface area contributed by atoms with Gasteiger partial charge in [-0.2, -0.15) is 0 Å². The van der Waals surface area contributed by atoms with Crippen molar-refractivity contribution in [3.63, 3.8) is 0 Å². The summed E-state index contributed by atoms with van der Waals surface area (Å²) in [5.41, 5.74) is 1.15. The van der Waals surface area contributed by atoms with E-state index in [-0.39, 0.29) is 0 Å². The van der Waals surface area contributed by atoms with Crippen LogP contribution >= 0.6 is 23.2 Å². The first kappa shape index (κ1) is 19.6. The van der Waals surface area contributed by atoms with Crippen molar-refractivity contribution < 1.29 is 13.7 Å². The van der Waals surface area contributed by atoms with E-state index in [0.29, 0.717) is 22.4 Å². The quantitative estimate of drug-likeness (QED) is 0.513. The zero-order valence-corrected chi connectivity index (χ0v) is 16.3. The highest BCUT2D eigenvalue weighted by Crippen LogP contribution is 2.34. The Morgan fingerprint density at radius 2 is 1.36 bits per heavy atom. The Morgan fingerprint density at radius 1 is 0.864 bits per heavy atom. The van der Waals surface area contributed by atoms with E-state index < -0.39 is 0 Å². The third-order valence-corrected chi connectivity index (χ3v) is 3.91. The van der Waals surface area contributed by atoms with Gasteiger partial charge in [0, 0.05) is 12.8 Å². The monoisotopic (exact) mass is 348 g/mol. The molecule has 126 valence electrons. The highest BCUT2D eigenvalue weighted by atomic mass is 35.5. The first-order valence-electron chi connectivity index (χ1n) is 7.69. The molecule has 0 aliphatic rings. The van der Waals surface area contributed by atoms with E-state index in [4.69, 9.17) is 27.9 Å². The lowest BCUT2D eigenvalue weighted by Crippen LogP contribution is -2.36. The van der Waals surface area contributed by atoms with Gasteiger partial charge in [-0.15, -0.1) is 0 Å². The van der Waals surface area contributed by atoms with Crippen molar-refractivity contribution in [1.29, 1.82) is 0 Å². The highest BCUT2D eigenvalue weighted by molar-refractivity contribution is 6.37. The molecule has 0 fully saturated rings. The number of hydrogen-bond acceptors (Lipinski definition) is 1. The maximum absolute atomic E-state index is 6.34. The molecule has 0 heterocycles. The average molecular weight is 349 g/mol. The van der Waals surface area contributed by atoms with Crippen molar-refractivity contribution in [3.05, 3.63) is 27.7 Å². The molecule has 0 N–H and O–H groups in total. The molecule has 0 aliphatic heterocycles. The molecule has 22 heavy (non-hydrogen) atoms. The van der Waals surface area contributed by atoms with E-state index >= 15 is 0 Å². The number of nitrogens with zero attached hydrogens (tertiary/aromatic N) is 2. The van der Waals surface area contributed by atoms with Crippen molar-refractivity contribution in [3.8, 4) is 5.75 Å². The van der Waals surface area contributed by atoms with E-state index in [2.05, 4.69) is 42.3 Å². The van der Waals surface area contributed by atoms with Gasteiger partial charge in [0.05, 0.1) is 72.0 Å². The van der Waals surface area contributed by atoms with Gasteiger partial charge in [-0.1, -0.05) is 23.2 Å². The zero-order chi connectivity index (χ0) is 17.0. The van der Waals surface area contributed by atoms with Crippen LogP contribution in [0.2, 0.25) is 10.0 Å². The molecule has 3 nitrogen and oxygen atoms in total. The van der Waals surface area contributed by atoms with Crippen LogP contribution in [0.3, 0.4) is 0 Å². The van der Waals surface area contributed by atoms with Crippen molar-refractivity contribution in [2.75, 3.05) is 62.0 Å². The number of hydrogen-bond donors (Lipinski definition) is 0. The average Bonchev–Trinajstić information content (AvgIpc) is 2.32. The standard InChI is InChI=1S/C17H30Cl2N2O/c1-20(2,3)9-7-11-22-17-15(18)12-14(13-16(17)19)8-10-21(4,5)6/h12-13H,7-11H2,1-6H3/q+2. The van der Waals surface area contributed by atoms with Crippen molar-refractivity contribution in [1.82, 2.24) is 0 Å². The summed E-state index contributed by atoms with van der Waals surface area (Å²) in [7, 11) is 13.0. The molecular formula is C17H30Cl2N2O+2. The van der Waals surface area contributed by atoms with Crippen LogP contribution in [0.25, 0.3) is 0 Å². The van der Waals surface area contributed by atoms with Crippen LogP contribution in [-0.4, -0.2) is 70.9 Å². The molecule has 0 saturated carbocycles. The van der Waals surface area contributed by atoms with Crippen LogP contribution in [-0.2, 0) is 6.42 Å². The van der Waals surface area contributed by atoms with Gasteiger partial charge in [0.15, 0.2) is 5.75 Å². The fraction of sp³-hybridized carbons (Fsp3) is 0.647. The Hall–Kier alpha value is -0.480. The van der Waals surface area contributed by atoms with Crippen LogP contribution in [0.15, 0.2) is 12.1 Å². The Morgan fingerprint density at radius 3 is 1.82 bits per heavy atom. The van der Waals surface area contributed by atoms with E-state index in [0.717, 1.165) is 40.5 Å². The number of ether oxygens (including phenoxy) is 1. The highest BCUT2D eigenvalue weighted by Gasteiger charge is 2.13. The maximum atomic E-state index is 6.34. The fourth-order valence-electron chi connectivity index (χ4n) is 2.07. The third kappa shape index (κ3) is 7.68. The summed E-state index contributed by atoms with van der Waals surface area (Å²) in [6.45, 7) is 2.72.